The number of nitrogens with one attached hydrogen (secondary N) is 1. The predicted octanol–water partition coefficient (Wildman–Crippen LogP) is 2.11. The van der Waals surface area contributed by atoms with Crippen LogP contribution in [0.25, 0.3) is 0 Å². The van der Waals surface area contributed by atoms with Crippen LogP contribution in [0.3, 0.4) is 0 Å². The lowest BCUT2D eigenvalue weighted by Crippen LogP contribution is -2.03. The van der Waals surface area contributed by atoms with E-state index in [0.29, 0.717) is 0 Å². The number of hydrogen-bond acceptors (Lipinski definition) is 4. The smallest absolute Gasteiger partial charge is 0.169 e. The average Bonchev–Trinajstić information content (AvgIpc) is 2.04. The maximum atomic E-state index is 4.11. The Kier molecular flexibility index (Phi) is 1.83. The molecule has 0 aliphatic carbocycles. The minimum atomic E-state index is 0.775. The van der Waals surface area contributed by atoms with Crippen molar-refractivity contribution in [2.45, 2.75) is 4.90 Å². The summed E-state index contributed by atoms with van der Waals surface area (Å²) < 4.78 is 3.91. The maximum Gasteiger partial charge on any atom is 0.169 e. The van der Waals surface area contributed by atoms with Gasteiger partial charge < -0.3 is 4.72 Å². The Morgan fingerprint density at radius 1 is 1.55 bits per heavy atom. The Hall–Kier alpha value is -0.550. The van der Waals surface area contributed by atoms with Crippen LogP contribution in [0.1, 0.15) is 0 Å². The number of fused-ring (bicyclic) bond motifs is 1. The molecule has 0 saturated heterocycles. The quantitative estimate of drug-likeness (QED) is 0.693. The molecule has 0 atom stereocenters. The molecule has 1 aliphatic heterocycles. The second kappa shape index (κ2) is 2.83. The van der Waals surface area contributed by atoms with E-state index in [1.54, 1.807) is 12.5 Å². The van der Waals surface area contributed by atoms with Crippen LogP contribution >= 0.6 is 27.9 Å². The summed E-state index contributed by atoms with van der Waals surface area (Å²) >= 11 is 4.85. The van der Waals surface area contributed by atoms with Crippen LogP contribution in [-0.2, 0) is 0 Å². The van der Waals surface area contributed by atoms with E-state index in [0.717, 1.165) is 15.2 Å². The first-order valence-corrected chi connectivity index (χ1v) is 4.58. The van der Waals surface area contributed by atoms with Crippen molar-refractivity contribution in [3.05, 3.63) is 16.7 Å². The fourth-order valence-electron chi connectivity index (χ4n) is 0.763. The van der Waals surface area contributed by atoms with Crippen molar-refractivity contribution in [1.82, 2.24) is 9.71 Å². The molecule has 0 fully saturated rings. The second-order valence-corrected chi connectivity index (χ2v) is 3.75. The lowest BCUT2D eigenvalue weighted by molar-refractivity contribution is 1.16. The van der Waals surface area contributed by atoms with Crippen LogP contribution < -0.4 is 4.72 Å². The summed E-state index contributed by atoms with van der Waals surface area (Å²) in [4.78, 5) is 9.20. The summed E-state index contributed by atoms with van der Waals surface area (Å²) in [5.74, 6) is 0.775. The van der Waals surface area contributed by atoms with Gasteiger partial charge in [0.05, 0.1) is 4.90 Å². The van der Waals surface area contributed by atoms with Gasteiger partial charge in [-0.05, 0) is 33.9 Å². The highest BCUT2D eigenvalue weighted by Gasteiger charge is 2.06. The Morgan fingerprint density at radius 2 is 2.45 bits per heavy atom. The van der Waals surface area contributed by atoms with Gasteiger partial charge in [0.1, 0.15) is 6.34 Å². The zero-order valence-corrected chi connectivity index (χ0v) is 7.82. The zero-order chi connectivity index (χ0) is 7.68. The van der Waals surface area contributed by atoms with Crippen molar-refractivity contribution in [3.8, 4) is 0 Å². The summed E-state index contributed by atoms with van der Waals surface area (Å²) in [6.07, 6.45) is 3.37. The van der Waals surface area contributed by atoms with Crippen molar-refractivity contribution < 1.29 is 0 Å². The van der Waals surface area contributed by atoms with Gasteiger partial charge in [0, 0.05) is 10.7 Å². The first-order chi connectivity index (χ1) is 5.36. The van der Waals surface area contributed by atoms with E-state index in [-0.39, 0.29) is 0 Å². The van der Waals surface area contributed by atoms with E-state index < -0.39 is 0 Å². The number of halogens is 1. The molecule has 1 aromatic heterocycles. The van der Waals surface area contributed by atoms with Gasteiger partial charge in [-0.3, -0.25) is 0 Å². The Labute approximate surface area is 76.6 Å². The molecule has 5 heteroatoms. The molecular weight excluding hydrogens is 226 g/mol. The normalized spacial score (nSPS) is 13.9. The molecule has 11 heavy (non-hydrogen) atoms. The van der Waals surface area contributed by atoms with Gasteiger partial charge in [-0.1, -0.05) is 0 Å². The van der Waals surface area contributed by atoms with E-state index in [9.17, 15) is 0 Å². The number of aromatic nitrogens is 1. The van der Waals surface area contributed by atoms with E-state index in [4.69, 9.17) is 0 Å². The molecule has 1 aromatic rings. The summed E-state index contributed by atoms with van der Waals surface area (Å²) in [6, 6.07) is 1.98. The van der Waals surface area contributed by atoms with Gasteiger partial charge >= 0.3 is 0 Å². The standard InChI is InChI=1S/C6H4BrN3S/c7-4-1-5-6(8-2-4)9-3-10-11-5/h1-3H,(H,8,9,10). The molecule has 3 nitrogen and oxygen atoms in total. The van der Waals surface area contributed by atoms with Crippen LogP contribution in [0.15, 0.2) is 26.6 Å². The van der Waals surface area contributed by atoms with Crippen molar-refractivity contribution >= 4 is 40.0 Å². The molecule has 0 aromatic carbocycles. The van der Waals surface area contributed by atoms with Gasteiger partial charge in [-0.25, -0.2) is 9.98 Å². The number of aliphatic imine (C=N–C) groups is 1. The molecule has 0 amide bonds. The highest BCUT2D eigenvalue weighted by Crippen LogP contribution is 2.29. The van der Waals surface area contributed by atoms with Gasteiger partial charge in [0.2, 0.25) is 0 Å². The topological polar surface area (TPSA) is 37.3 Å². The van der Waals surface area contributed by atoms with E-state index in [1.165, 1.54) is 11.9 Å². The maximum absolute atomic E-state index is 4.11. The van der Waals surface area contributed by atoms with Crippen LogP contribution in [0.4, 0.5) is 5.82 Å². The third kappa shape index (κ3) is 1.39. The number of rotatable bonds is 0. The lowest BCUT2D eigenvalue weighted by Gasteiger charge is -2.07. The van der Waals surface area contributed by atoms with Gasteiger partial charge in [-0.15, -0.1) is 0 Å². The molecule has 0 saturated carbocycles. The fraction of sp³-hybridized carbons (Fsp3) is 0. The fourth-order valence-corrected chi connectivity index (χ4v) is 1.86. The van der Waals surface area contributed by atoms with Crippen LogP contribution in [-0.4, -0.2) is 11.3 Å². The monoisotopic (exact) mass is 229 g/mol. The van der Waals surface area contributed by atoms with Gasteiger partial charge in [0.15, 0.2) is 5.82 Å². The average molecular weight is 230 g/mol. The van der Waals surface area contributed by atoms with Gasteiger partial charge in [-0.2, -0.15) is 0 Å². The highest BCUT2D eigenvalue weighted by molar-refractivity contribution is 9.10. The number of nitrogens with zero attached hydrogens (tertiary/aromatic N) is 2. The Balaban J connectivity index is 2.53. The van der Waals surface area contributed by atoms with Crippen molar-refractivity contribution in [1.29, 1.82) is 0 Å². The Bertz CT molecular complexity index is 313. The van der Waals surface area contributed by atoms with Crippen LogP contribution in [0.5, 0.6) is 0 Å². The summed E-state index contributed by atoms with van der Waals surface area (Å²) in [5, 5.41) is 0. The van der Waals surface area contributed by atoms with Gasteiger partial charge in [0.25, 0.3) is 0 Å². The molecule has 1 aliphatic rings. The lowest BCUT2D eigenvalue weighted by atomic mass is 10.5. The van der Waals surface area contributed by atoms with Crippen molar-refractivity contribution in [2.24, 2.45) is 4.99 Å². The third-order valence-corrected chi connectivity index (χ3v) is 2.39. The van der Waals surface area contributed by atoms with E-state index in [1.807, 2.05) is 6.07 Å². The largest absolute Gasteiger partial charge is 0.316 e. The van der Waals surface area contributed by atoms with Crippen LogP contribution in [0, 0.1) is 0 Å². The molecule has 0 unspecified atom stereocenters. The zero-order valence-electron chi connectivity index (χ0n) is 5.41. The SMILES string of the molecule is Brc1cnc2c(c1)SNC=N2. The minimum Gasteiger partial charge on any atom is -0.316 e. The molecule has 0 bridgehead atoms. The molecule has 2 heterocycles. The summed E-state index contributed by atoms with van der Waals surface area (Å²) in [5.41, 5.74) is 0. The van der Waals surface area contributed by atoms with Crippen molar-refractivity contribution in [3.63, 3.8) is 0 Å². The van der Waals surface area contributed by atoms with Crippen molar-refractivity contribution in [2.75, 3.05) is 0 Å². The number of pyridine rings is 1. The highest BCUT2D eigenvalue weighted by atomic mass is 79.9. The predicted molar refractivity (Wildman–Crippen MR) is 49.1 cm³/mol. The van der Waals surface area contributed by atoms with E-state index >= 15 is 0 Å². The molecule has 0 spiro atoms. The van der Waals surface area contributed by atoms with E-state index in [2.05, 4.69) is 30.6 Å². The first kappa shape index (κ1) is 7.12. The second-order valence-electron chi connectivity index (χ2n) is 1.95. The Morgan fingerprint density at radius 3 is 3.36 bits per heavy atom. The van der Waals surface area contributed by atoms with Crippen LogP contribution in [0.2, 0.25) is 0 Å². The molecule has 2 rings (SSSR count). The molecule has 1 N–H and O–H groups in total. The number of hydrogen-bond donors (Lipinski definition) is 1. The summed E-state index contributed by atoms with van der Waals surface area (Å²) in [6.45, 7) is 0. The minimum absolute atomic E-state index is 0.775. The molecule has 56 valence electrons. The first-order valence-electron chi connectivity index (χ1n) is 2.97. The third-order valence-electron chi connectivity index (χ3n) is 1.21. The molecule has 0 radical (unpaired) electrons. The molecular formula is C6H4BrN3S. The summed E-state index contributed by atoms with van der Waals surface area (Å²) in [7, 11) is 0.